The lowest BCUT2D eigenvalue weighted by Gasteiger charge is -2.20. The summed E-state index contributed by atoms with van der Waals surface area (Å²) in [5, 5.41) is 0. The number of benzene rings is 1. The van der Waals surface area contributed by atoms with Gasteiger partial charge in [0.2, 0.25) is 15.9 Å². The van der Waals surface area contributed by atoms with Gasteiger partial charge in [0, 0.05) is 31.0 Å². The third-order valence-electron chi connectivity index (χ3n) is 3.02. The summed E-state index contributed by atoms with van der Waals surface area (Å²) in [7, 11) is -3.53. The number of nitrogens with zero attached hydrogens (tertiary/aromatic N) is 1. The van der Waals surface area contributed by atoms with Gasteiger partial charge in [0.1, 0.15) is 0 Å². The predicted octanol–water partition coefficient (Wildman–Crippen LogP) is 2.38. The van der Waals surface area contributed by atoms with Gasteiger partial charge in [0.25, 0.3) is 0 Å². The van der Waals surface area contributed by atoms with Gasteiger partial charge >= 0.3 is 0 Å². The van der Waals surface area contributed by atoms with Crippen LogP contribution in [0.2, 0.25) is 0 Å². The lowest BCUT2D eigenvalue weighted by Crippen LogP contribution is -2.38. The van der Waals surface area contributed by atoms with Crippen LogP contribution >= 0.6 is 15.9 Å². The third kappa shape index (κ3) is 6.15. The lowest BCUT2D eigenvalue weighted by atomic mass is 10.3. The standard InChI is InChI=1S/C14H21BrN2O3S/c1-3-4-10-17(12(2)18)11-9-16-21(19,20)14-7-5-13(15)6-8-14/h5-8,16H,3-4,9-11H2,1-2H3. The first-order chi connectivity index (χ1) is 9.86. The molecule has 0 fully saturated rings. The molecule has 0 bridgehead atoms. The molecule has 0 aliphatic carbocycles. The third-order valence-corrected chi connectivity index (χ3v) is 5.03. The Hall–Kier alpha value is -0.920. The second kappa shape index (κ2) is 8.51. The van der Waals surface area contributed by atoms with Crippen molar-refractivity contribution in [3.05, 3.63) is 28.7 Å². The van der Waals surface area contributed by atoms with Gasteiger partial charge in [-0.05, 0) is 30.7 Å². The van der Waals surface area contributed by atoms with Gasteiger partial charge in [0.05, 0.1) is 4.90 Å². The molecule has 0 aliphatic rings. The molecule has 0 radical (unpaired) electrons. The van der Waals surface area contributed by atoms with Gasteiger partial charge < -0.3 is 4.90 Å². The molecule has 0 heterocycles. The quantitative estimate of drug-likeness (QED) is 0.757. The maximum atomic E-state index is 12.1. The molecular formula is C14H21BrN2O3S. The summed E-state index contributed by atoms with van der Waals surface area (Å²) in [5.41, 5.74) is 0. The number of halogens is 1. The summed E-state index contributed by atoms with van der Waals surface area (Å²) < 4.78 is 27.5. The topological polar surface area (TPSA) is 66.5 Å². The van der Waals surface area contributed by atoms with Crippen LogP contribution < -0.4 is 4.72 Å². The maximum Gasteiger partial charge on any atom is 0.240 e. The van der Waals surface area contributed by atoms with Gasteiger partial charge in [-0.25, -0.2) is 13.1 Å². The number of carbonyl (C=O) groups is 1. The summed E-state index contributed by atoms with van der Waals surface area (Å²) in [6.45, 7) is 4.80. The molecule has 21 heavy (non-hydrogen) atoms. The van der Waals surface area contributed by atoms with Crippen LogP contribution in [-0.4, -0.2) is 38.9 Å². The van der Waals surface area contributed by atoms with Crippen molar-refractivity contribution in [2.45, 2.75) is 31.6 Å². The summed E-state index contributed by atoms with van der Waals surface area (Å²) in [5.74, 6) is -0.0358. The summed E-state index contributed by atoms with van der Waals surface area (Å²) >= 11 is 3.26. The first-order valence-corrected chi connectivity index (χ1v) is 9.15. The van der Waals surface area contributed by atoms with E-state index in [1.165, 1.54) is 19.1 Å². The normalized spacial score (nSPS) is 11.4. The maximum absolute atomic E-state index is 12.1. The van der Waals surface area contributed by atoms with Crippen LogP contribution in [0.25, 0.3) is 0 Å². The number of carbonyl (C=O) groups excluding carboxylic acids is 1. The minimum absolute atomic E-state index is 0.0358. The van der Waals surface area contributed by atoms with E-state index in [4.69, 9.17) is 0 Å². The van der Waals surface area contributed by atoms with Crippen molar-refractivity contribution in [2.75, 3.05) is 19.6 Å². The fourth-order valence-corrected chi connectivity index (χ4v) is 3.07. The van der Waals surface area contributed by atoms with Gasteiger partial charge in [0.15, 0.2) is 0 Å². The number of hydrogen-bond donors (Lipinski definition) is 1. The van der Waals surface area contributed by atoms with E-state index < -0.39 is 10.0 Å². The van der Waals surface area contributed by atoms with Crippen LogP contribution in [0.3, 0.4) is 0 Å². The Kier molecular flexibility index (Phi) is 7.34. The fraction of sp³-hybridized carbons (Fsp3) is 0.500. The molecule has 7 heteroatoms. The van der Waals surface area contributed by atoms with E-state index in [9.17, 15) is 13.2 Å². The van der Waals surface area contributed by atoms with Crippen LogP contribution in [-0.2, 0) is 14.8 Å². The molecule has 0 saturated carbocycles. The van der Waals surface area contributed by atoms with E-state index in [0.717, 1.165) is 17.3 Å². The summed E-state index contributed by atoms with van der Waals surface area (Å²) in [6, 6.07) is 6.42. The molecule has 1 aromatic carbocycles. The molecule has 118 valence electrons. The van der Waals surface area contributed by atoms with Gasteiger partial charge in [-0.2, -0.15) is 0 Å². The van der Waals surface area contributed by atoms with E-state index in [-0.39, 0.29) is 17.3 Å². The fourth-order valence-electron chi connectivity index (χ4n) is 1.79. The van der Waals surface area contributed by atoms with Gasteiger partial charge in [-0.15, -0.1) is 0 Å². The van der Waals surface area contributed by atoms with Crippen LogP contribution in [0.4, 0.5) is 0 Å². The SMILES string of the molecule is CCCCN(CCNS(=O)(=O)c1ccc(Br)cc1)C(C)=O. The number of sulfonamides is 1. The molecule has 5 nitrogen and oxygen atoms in total. The van der Waals surface area contributed by atoms with Crippen molar-refractivity contribution < 1.29 is 13.2 Å². The lowest BCUT2D eigenvalue weighted by molar-refractivity contribution is -0.128. The molecule has 0 aliphatic heterocycles. The highest BCUT2D eigenvalue weighted by atomic mass is 79.9. The zero-order chi connectivity index (χ0) is 15.9. The average molecular weight is 377 g/mol. The zero-order valence-electron chi connectivity index (χ0n) is 12.3. The Morgan fingerprint density at radius 3 is 2.38 bits per heavy atom. The minimum Gasteiger partial charge on any atom is -0.342 e. The van der Waals surface area contributed by atoms with Crippen molar-refractivity contribution in [3.63, 3.8) is 0 Å². The van der Waals surface area contributed by atoms with Crippen molar-refractivity contribution in [2.24, 2.45) is 0 Å². The molecule has 1 N–H and O–H groups in total. The van der Waals surface area contributed by atoms with Crippen LogP contribution in [0, 0.1) is 0 Å². The minimum atomic E-state index is -3.53. The molecule has 0 atom stereocenters. The van der Waals surface area contributed by atoms with E-state index >= 15 is 0 Å². The number of rotatable bonds is 8. The Morgan fingerprint density at radius 2 is 1.86 bits per heavy atom. The predicted molar refractivity (Wildman–Crippen MR) is 86.5 cm³/mol. The van der Waals surface area contributed by atoms with Gasteiger partial charge in [-0.3, -0.25) is 4.79 Å². The highest BCUT2D eigenvalue weighted by molar-refractivity contribution is 9.10. The monoisotopic (exact) mass is 376 g/mol. The van der Waals surface area contributed by atoms with Crippen molar-refractivity contribution >= 4 is 31.9 Å². The van der Waals surface area contributed by atoms with Crippen molar-refractivity contribution in [3.8, 4) is 0 Å². The molecule has 1 rings (SSSR count). The van der Waals surface area contributed by atoms with Gasteiger partial charge in [-0.1, -0.05) is 29.3 Å². The number of amides is 1. The van der Waals surface area contributed by atoms with Crippen molar-refractivity contribution in [1.29, 1.82) is 0 Å². The largest absolute Gasteiger partial charge is 0.342 e. The average Bonchev–Trinajstić information content (AvgIpc) is 2.42. The zero-order valence-corrected chi connectivity index (χ0v) is 14.7. The number of nitrogens with one attached hydrogen (secondary N) is 1. The Morgan fingerprint density at radius 1 is 1.24 bits per heavy atom. The Labute approximate surface area is 134 Å². The molecule has 0 unspecified atom stereocenters. The first kappa shape index (κ1) is 18.1. The molecule has 0 saturated heterocycles. The summed E-state index contributed by atoms with van der Waals surface area (Å²) in [4.78, 5) is 13.3. The summed E-state index contributed by atoms with van der Waals surface area (Å²) in [6.07, 6.45) is 1.91. The smallest absolute Gasteiger partial charge is 0.240 e. The van der Waals surface area contributed by atoms with E-state index in [2.05, 4.69) is 27.6 Å². The van der Waals surface area contributed by atoms with Crippen LogP contribution in [0.5, 0.6) is 0 Å². The molecule has 1 aromatic rings. The number of hydrogen-bond acceptors (Lipinski definition) is 3. The Balaban J connectivity index is 2.56. The molecule has 0 spiro atoms. The Bertz CT molecular complexity index is 558. The molecule has 1 amide bonds. The van der Waals surface area contributed by atoms with Crippen LogP contribution in [0.15, 0.2) is 33.6 Å². The van der Waals surface area contributed by atoms with Crippen LogP contribution in [0.1, 0.15) is 26.7 Å². The first-order valence-electron chi connectivity index (χ1n) is 6.87. The second-order valence-electron chi connectivity index (χ2n) is 4.71. The van der Waals surface area contributed by atoms with E-state index in [0.29, 0.717) is 13.1 Å². The van der Waals surface area contributed by atoms with Crippen molar-refractivity contribution in [1.82, 2.24) is 9.62 Å². The highest BCUT2D eigenvalue weighted by Crippen LogP contribution is 2.14. The molecular weight excluding hydrogens is 356 g/mol. The van der Waals surface area contributed by atoms with E-state index in [1.807, 2.05) is 0 Å². The molecule has 0 aromatic heterocycles. The van der Waals surface area contributed by atoms with E-state index in [1.54, 1.807) is 17.0 Å². The highest BCUT2D eigenvalue weighted by Gasteiger charge is 2.14. The second-order valence-corrected chi connectivity index (χ2v) is 7.39. The number of unbranched alkanes of at least 4 members (excludes halogenated alkanes) is 1.